The topological polar surface area (TPSA) is 72.8 Å². The fraction of sp³-hybridized carbons (Fsp3) is 0.481. The van der Waals surface area contributed by atoms with Gasteiger partial charge in [0.05, 0.1) is 18.8 Å². The van der Waals surface area contributed by atoms with Crippen LogP contribution >= 0.6 is 0 Å². The van der Waals surface area contributed by atoms with Crippen molar-refractivity contribution < 1.29 is 24.2 Å². The highest BCUT2D eigenvalue weighted by atomic mass is 16.5. The number of Topliss-reactive ketones (excluding diaryl/α,β-unsaturated/α-hetero) is 1. The second-order valence-corrected chi connectivity index (χ2v) is 8.37. The lowest BCUT2D eigenvalue weighted by molar-refractivity contribution is -0.136. The van der Waals surface area contributed by atoms with Crippen molar-refractivity contribution in [1.82, 2.24) is 0 Å². The number of hydrogen-bond acceptors (Lipinski definition) is 4. The minimum atomic E-state index is -0.793. The molecule has 0 amide bonds. The number of aryl methyl sites for hydroxylation is 2. The highest BCUT2D eigenvalue weighted by molar-refractivity contribution is 6.00. The van der Waals surface area contributed by atoms with E-state index in [-0.39, 0.29) is 12.2 Å². The number of carbonyl (C=O) groups excluding carboxylic acids is 1. The summed E-state index contributed by atoms with van der Waals surface area (Å²) >= 11 is 0. The molecule has 1 heterocycles. The van der Waals surface area contributed by atoms with Gasteiger partial charge < -0.3 is 14.6 Å². The Morgan fingerprint density at radius 1 is 1.00 bits per heavy atom. The number of benzene rings is 2. The molecule has 5 nitrogen and oxygen atoms in total. The van der Waals surface area contributed by atoms with Gasteiger partial charge in [-0.05, 0) is 60.9 Å². The molecule has 0 unspecified atom stereocenters. The molecule has 0 atom stereocenters. The van der Waals surface area contributed by atoms with Crippen molar-refractivity contribution in [2.45, 2.75) is 71.1 Å². The monoisotopic (exact) mass is 438 g/mol. The van der Waals surface area contributed by atoms with Crippen LogP contribution in [-0.4, -0.2) is 30.1 Å². The van der Waals surface area contributed by atoms with Crippen LogP contribution in [0.2, 0.25) is 0 Å². The van der Waals surface area contributed by atoms with E-state index >= 15 is 0 Å². The standard InChI is InChI=1S/C27H34O5/c1-2-9-22-20(13-15-23-24(28)17-19-32-27(22)23)10-5-3-4-8-18-31-25-12-7-6-11-21(25)14-16-26(29)30/h6-7,11-13,15H,2-5,8-10,14,16-19H2,1H3,(H,29,30). The van der Waals surface area contributed by atoms with Crippen molar-refractivity contribution in [3.8, 4) is 11.5 Å². The summed E-state index contributed by atoms with van der Waals surface area (Å²) in [6, 6.07) is 11.7. The van der Waals surface area contributed by atoms with Gasteiger partial charge in [-0.2, -0.15) is 0 Å². The Kier molecular flexibility index (Phi) is 9.14. The first-order chi connectivity index (χ1) is 15.6. The summed E-state index contributed by atoms with van der Waals surface area (Å²) in [5.74, 6) is 1.02. The minimum absolute atomic E-state index is 0.113. The van der Waals surface area contributed by atoms with Gasteiger partial charge in [-0.25, -0.2) is 0 Å². The van der Waals surface area contributed by atoms with Gasteiger partial charge in [-0.3, -0.25) is 9.59 Å². The van der Waals surface area contributed by atoms with Crippen LogP contribution in [0.4, 0.5) is 0 Å². The van der Waals surface area contributed by atoms with Gasteiger partial charge in [0.25, 0.3) is 0 Å². The molecule has 1 aliphatic rings. The average molecular weight is 439 g/mol. The van der Waals surface area contributed by atoms with Crippen LogP contribution in [-0.2, 0) is 24.1 Å². The Labute approximate surface area is 190 Å². The number of carboxylic acid groups (broad SMARTS) is 1. The number of carboxylic acids is 1. The van der Waals surface area contributed by atoms with Gasteiger partial charge in [0.15, 0.2) is 5.78 Å². The third kappa shape index (κ3) is 6.59. The van der Waals surface area contributed by atoms with Gasteiger partial charge in [0.1, 0.15) is 11.5 Å². The SMILES string of the molecule is CCCc1c(CCCCCCOc2ccccc2CCC(=O)O)ccc2c1OCCC2=O. The highest BCUT2D eigenvalue weighted by Gasteiger charge is 2.22. The lowest BCUT2D eigenvalue weighted by atomic mass is 9.92. The summed E-state index contributed by atoms with van der Waals surface area (Å²) in [5, 5.41) is 8.90. The number of ketones is 1. The van der Waals surface area contributed by atoms with E-state index in [1.165, 1.54) is 11.1 Å². The number of ether oxygens (including phenoxy) is 2. The average Bonchev–Trinajstić information content (AvgIpc) is 2.79. The van der Waals surface area contributed by atoms with Gasteiger partial charge in [-0.1, -0.05) is 50.5 Å². The number of unbranched alkanes of at least 4 members (excludes halogenated alkanes) is 3. The molecule has 172 valence electrons. The van der Waals surface area contributed by atoms with E-state index in [2.05, 4.69) is 13.0 Å². The maximum absolute atomic E-state index is 12.2. The van der Waals surface area contributed by atoms with Crippen molar-refractivity contribution in [1.29, 1.82) is 0 Å². The van der Waals surface area contributed by atoms with E-state index in [1.807, 2.05) is 30.3 Å². The summed E-state index contributed by atoms with van der Waals surface area (Å²) in [6.45, 7) is 3.29. The van der Waals surface area contributed by atoms with E-state index in [1.54, 1.807) is 0 Å². The Morgan fingerprint density at radius 3 is 2.62 bits per heavy atom. The van der Waals surface area contributed by atoms with E-state index < -0.39 is 5.97 Å². The molecule has 0 saturated carbocycles. The molecule has 0 spiro atoms. The van der Waals surface area contributed by atoms with Crippen molar-refractivity contribution in [3.05, 3.63) is 58.7 Å². The summed E-state index contributed by atoms with van der Waals surface area (Å²) in [5.41, 5.74) is 4.24. The van der Waals surface area contributed by atoms with Crippen LogP contribution in [0.3, 0.4) is 0 Å². The third-order valence-corrected chi connectivity index (χ3v) is 5.91. The summed E-state index contributed by atoms with van der Waals surface area (Å²) in [4.78, 5) is 23.0. The first kappa shape index (κ1) is 23.8. The second kappa shape index (κ2) is 12.3. The molecule has 32 heavy (non-hydrogen) atoms. The predicted molar refractivity (Wildman–Crippen MR) is 125 cm³/mol. The smallest absolute Gasteiger partial charge is 0.303 e. The molecule has 0 aliphatic carbocycles. The first-order valence-corrected chi connectivity index (χ1v) is 11.8. The van der Waals surface area contributed by atoms with E-state index in [9.17, 15) is 9.59 Å². The number of para-hydroxylation sites is 1. The number of carbonyl (C=O) groups is 2. The Bertz CT molecular complexity index is 918. The van der Waals surface area contributed by atoms with Crippen molar-refractivity contribution >= 4 is 11.8 Å². The molecular weight excluding hydrogens is 404 g/mol. The van der Waals surface area contributed by atoms with Gasteiger partial charge in [-0.15, -0.1) is 0 Å². The van der Waals surface area contributed by atoms with E-state index in [0.29, 0.717) is 26.1 Å². The maximum Gasteiger partial charge on any atom is 0.303 e. The Balaban J connectivity index is 1.43. The summed E-state index contributed by atoms with van der Waals surface area (Å²) in [6.07, 6.45) is 8.32. The largest absolute Gasteiger partial charge is 0.493 e. The molecule has 0 bridgehead atoms. The van der Waals surface area contributed by atoms with Crippen LogP contribution in [0.1, 0.15) is 78.9 Å². The number of rotatable bonds is 13. The number of aliphatic carboxylic acids is 1. The zero-order valence-corrected chi connectivity index (χ0v) is 19.0. The Morgan fingerprint density at radius 2 is 1.81 bits per heavy atom. The van der Waals surface area contributed by atoms with Crippen LogP contribution in [0.5, 0.6) is 11.5 Å². The summed E-state index contributed by atoms with van der Waals surface area (Å²) < 4.78 is 11.8. The highest BCUT2D eigenvalue weighted by Crippen LogP contribution is 2.33. The normalized spacial score (nSPS) is 12.8. The molecule has 0 saturated heterocycles. The molecule has 2 aromatic carbocycles. The number of hydrogen-bond donors (Lipinski definition) is 1. The molecule has 3 rings (SSSR count). The van der Waals surface area contributed by atoms with Gasteiger partial charge >= 0.3 is 5.97 Å². The van der Waals surface area contributed by atoms with Crippen LogP contribution < -0.4 is 9.47 Å². The summed E-state index contributed by atoms with van der Waals surface area (Å²) in [7, 11) is 0. The third-order valence-electron chi connectivity index (χ3n) is 5.91. The zero-order chi connectivity index (χ0) is 22.8. The molecule has 0 aromatic heterocycles. The van der Waals surface area contributed by atoms with Crippen molar-refractivity contribution in [2.24, 2.45) is 0 Å². The predicted octanol–water partition coefficient (Wildman–Crippen LogP) is 5.80. The maximum atomic E-state index is 12.2. The molecule has 2 aromatic rings. The van der Waals surface area contributed by atoms with Gasteiger partial charge in [0, 0.05) is 12.8 Å². The Hall–Kier alpha value is -2.82. The van der Waals surface area contributed by atoms with Gasteiger partial charge in [0.2, 0.25) is 0 Å². The van der Waals surface area contributed by atoms with Crippen molar-refractivity contribution in [3.63, 3.8) is 0 Å². The first-order valence-electron chi connectivity index (χ1n) is 11.8. The molecule has 0 fully saturated rings. The van der Waals surface area contributed by atoms with Crippen LogP contribution in [0, 0.1) is 0 Å². The van der Waals surface area contributed by atoms with Crippen molar-refractivity contribution in [2.75, 3.05) is 13.2 Å². The molecular formula is C27H34O5. The second-order valence-electron chi connectivity index (χ2n) is 8.37. The fourth-order valence-electron chi connectivity index (χ4n) is 4.24. The lowest BCUT2D eigenvalue weighted by Gasteiger charge is -2.22. The quantitative estimate of drug-likeness (QED) is 0.400. The molecule has 1 aliphatic heterocycles. The fourth-order valence-corrected chi connectivity index (χ4v) is 4.24. The molecule has 5 heteroatoms. The minimum Gasteiger partial charge on any atom is -0.493 e. The lowest BCUT2D eigenvalue weighted by Crippen LogP contribution is -2.17. The number of fused-ring (bicyclic) bond motifs is 1. The van der Waals surface area contributed by atoms with E-state index in [0.717, 1.165) is 67.6 Å². The van der Waals surface area contributed by atoms with Crippen LogP contribution in [0.25, 0.3) is 0 Å². The van der Waals surface area contributed by atoms with Crippen LogP contribution in [0.15, 0.2) is 36.4 Å². The zero-order valence-electron chi connectivity index (χ0n) is 19.0. The van der Waals surface area contributed by atoms with E-state index in [4.69, 9.17) is 14.6 Å². The molecule has 0 radical (unpaired) electrons. The molecule has 1 N–H and O–H groups in total.